The van der Waals surface area contributed by atoms with Crippen LogP contribution in [0.25, 0.3) is 0 Å². The molecule has 1 saturated carbocycles. The molecule has 0 saturated heterocycles. The lowest BCUT2D eigenvalue weighted by Crippen LogP contribution is -2.28. The number of rotatable bonds is 6. The molecule has 0 spiro atoms. The van der Waals surface area contributed by atoms with Crippen molar-refractivity contribution in [2.75, 3.05) is 18.0 Å². The third kappa shape index (κ3) is 3.19. The predicted octanol–water partition coefficient (Wildman–Crippen LogP) is 2.91. The van der Waals surface area contributed by atoms with Crippen LogP contribution in [-0.4, -0.2) is 13.1 Å². The quantitative estimate of drug-likeness (QED) is 0.823. The zero-order valence-corrected chi connectivity index (χ0v) is 10.5. The molecule has 1 aromatic rings. The summed E-state index contributed by atoms with van der Waals surface area (Å²) >= 11 is 0. The van der Waals surface area contributed by atoms with Gasteiger partial charge in [-0.05, 0) is 48.9 Å². The summed E-state index contributed by atoms with van der Waals surface area (Å²) in [5, 5.41) is 0. The van der Waals surface area contributed by atoms with Gasteiger partial charge in [0.2, 0.25) is 0 Å². The summed E-state index contributed by atoms with van der Waals surface area (Å²) in [7, 11) is 0. The van der Waals surface area contributed by atoms with Crippen molar-refractivity contribution < 1.29 is 4.39 Å². The fraction of sp³-hybridized carbons (Fsp3) is 0.571. The second kappa shape index (κ2) is 5.50. The fourth-order valence-electron chi connectivity index (χ4n) is 2.22. The molecule has 1 aliphatic carbocycles. The molecule has 0 aliphatic heterocycles. The van der Waals surface area contributed by atoms with Crippen molar-refractivity contribution in [1.29, 1.82) is 0 Å². The van der Waals surface area contributed by atoms with Gasteiger partial charge in [-0.2, -0.15) is 0 Å². The zero-order valence-electron chi connectivity index (χ0n) is 10.5. The average Bonchev–Trinajstić information content (AvgIpc) is 3.12. The second-order valence-corrected chi connectivity index (χ2v) is 4.87. The minimum Gasteiger partial charge on any atom is -0.371 e. The van der Waals surface area contributed by atoms with Crippen molar-refractivity contribution in [2.24, 2.45) is 11.7 Å². The normalized spacial score (nSPS) is 15.0. The zero-order chi connectivity index (χ0) is 12.3. The van der Waals surface area contributed by atoms with Crippen molar-refractivity contribution >= 4 is 5.69 Å². The molecule has 0 radical (unpaired) electrons. The van der Waals surface area contributed by atoms with Crippen LogP contribution < -0.4 is 10.6 Å². The van der Waals surface area contributed by atoms with Gasteiger partial charge >= 0.3 is 0 Å². The summed E-state index contributed by atoms with van der Waals surface area (Å²) in [6.45, 7) is 4.69. The molecule has 0 unspecified atom stereocenters. The first kappa shape index (κ1) is 12.4. The summed E-state index contributed by atoms with van der Waals surface area (Å²) in [5.41, 5.74) is 7.74. The number of hydrogen-bond donors (Lipinski definition) is 1. The van der Waals surface area contributed by atoms with E-state index >= 15 is 0 Å². The Hall–Kier alpha value is -1.09. The van der Waals surface area contributed by atoms with E-state index in [1.165, 1.54) is 18.9 Å². The van der Waals surface area contributed by atoms with Gasteiger partial charge in [-0.1, -0.05) is 6.92 Å². The van der Waals surface area contributed by atoms with E-state index in [-0.39, 0.29) is 5.82 Å². The van der Waals surface area contributed by atoms with Crippen LogP contribution in [0, 0.1) is 11.7 Å². The van der Waals surface area contributed by atoms with Crippen LogP contribution in [0.15, 0.2) is 18.2 Å². The largest absolute Gasteiger partial charge is 0.371 e. The maximum absolute atomic E-state index is 13.2. The number of anilines is 1. The van der Waals surface area contributed by atoms with Gasteiger partial charge in [0.1, 0.15) is 5.82 Å². The summed E-state index contributed by atoms with van der Waals surface area (Å²) in [5.74, 6) is 0.634. The van der Waals surface area contributed by atoms with E-state index in [9.17, 15) is 4.39 Å². The van der Waals surface area contributed by atoms with Crippen LogP contribution in [0.1, 0.15) is 31.7 Å². The minimum absolute atomic E-state index is 0.197. The summed E-state index contributed by atoms with van der Waals surface area (Å²) < 4.78 is 13.2. The molecular formula is C14H21FN2. The predicted molar refractivity (Wildman–Crippen MR) is 69.5 cm³/mol. The van der Waals surface area contributed by atoms with Crippen LogP contribution >= 0.6 is 0 Å². The summed E-state index contributed by atoms with van der Waals surface area (Å²) in [6.07, 6.45) is 3.77. The molecule has 17 heavy (non-hydrogen) atoms. The highest BCUT2D eigenvalue weighted by Gasteiger charge is 2.25. The Balaban J connectivity index is 2.20. The van der Waals surface area contributed by atoms with Crippen LogP contribution in [0.4, 0.5) is 10.1 Å². The Bertz CT molecular complexity index is 374. The van der Waals surface area contributed by atoms with Crippen LogP contribution in [-0.2, 0) is 6.54 Å². The van der Waals surface area contributed by atoms with Gasteiger partial charge in [-0.25, -0.2) is 4.39 Å². The Labute approximate surface area is 103 Å². The third-order valence-electron chi connectivity index (χ3n) is 3.27. The van der Waals surface area contributed by atoms with Gasteiger partial charge in [-0.3, -0.25) is 0 Å². The first-order chi connectivity index (χ1) is 8.24. The van der Waals surface area contributed by atoms with Crippen LogP contribution in [0.5, 0.6) is 0 Å². The minimum atomic E-state index is -0.197. The Morgan fingerprint density at radius 3 is 2.76 bits per heavy atom. The van der Waals surface area contributed by atoms with Gasteiger partial charge in [0, 0.05) is 25.3 Å². The molecule has 1 fully saturated rings. The van der Waals surface area contributed by atoms with E-state index in [1.807, 2.05) is 6.07 Å². The van der Waals surface area contributed by atoms with Gasteiger partial charge in [-0.15, -0.1) is 0 Å². The van der Waals surface area contributed by atoms with Crippen molar-refractivity contribution in [2.45, 2.75) is 32.7 Å². The van der Waals surface area contributed by atoms with Crippen LogP contribution in [0.2, 0.25) is 0 Å². The highest BCUT2D eigenvalue weighted by atomic mass is 19.1. The van der Waals surface area contributed by atoms with E-state index in [0.717, 1.165) is 36.7 Å². The Morgan fingerprint density at radius 2 is 2.18 bits per heavy atom. The molecular weight excluding hydrogens is 215 g/mol. The van der Waals surface area contributed by atoms with Gasteiger partial charge in [0.25, 0.3) is 0 Å². The smallest absolute Gasteiger partial charge is 0.123 e. The van der Waals surface area contributed by atoms with E-state index in [0.29, 0.717) is 6.54 Å². The molecule has 2 rings (SSSR count). The molecule has 0 aromatic heterocycles. The molecule has 1 aromatic carbocycles. The van der Waals surface area contributed by atoms with Crippen molar-refractivity contribution in [3.8, 4) is 0 Å². The molecule has 0 heterocycles. The second-order valence-electron chi connectivity index (χ2n) is 4.87. The summed E-state index contributed by atoms with van der Waals surface area (Å²) in [4.78, 5) is 2.36. The van der Waals surface area contributed by atoms with Crippen LogP contribution in [0.3, 0.4) is 0 Å². The number of nitrogens with zero attached hydrogens (tertiary/aromatic N) is 1. The average molecular weight is 236 g/mol. The van der Waals surface area contributed by atoms with Gasteiger partial charge in [0.05, 0.1) is 0 Å². The highest BCUT2D eigenvalue weighted by molar-refractivity contribution is 5.54. The van der Waals surface area contributed by atoms with E-state index in [2.05, 4.69) is 11.8 Å². The van der Waals surface area contributed by atoms with E-state index < -0.39 is 0 Å². The first-order valence-corrected chi connectivity index (χ1v) is 6.48. The maximum Gasteiger partial charge on any atom is 0.123 e. The van der Waals surface area contributed by atoms with Crippen molar-refractivity contribution in [1.82, 2.24) is 0 Å². The Morgan fingerprint density at radius 1 is 1.41 bits per heavy atom. The molecule has 2 N–H and O–H groups in total. The first-order valence-electron chi connectivity index (χ1n) is 6.48. The Kier molecular flexibility index (Phi) is 4.00. The van der Waals surface area contributed by atoms with Crippen molar-refractivity contribution in [3.05, 3.63) is 29.6 Å². The molecule has 1 aliphatic rings. The highest BCUT2D eigenvalue weighted by Crippen LogP contribution is 2.32. The number of benzene rings is 1. The summed E-state index contributed by atoms with van der Waals surface area (Å²) in [6, 6.07) is 4.96. The lowest BCUT2D eigenvalue weighted by molar-refractivity contribution is 0.623. The molecule has 0 amide bonds. The molecule has 0 atom stereocenters. The monoisotopic (exact) mass is 236 g/mol. The van der Waals surface area contributed by atoms with Gasteiger partial charge in [0.15, 0.2) is 0 Å². The van der Waals surface area contributed by atoms with Crippen molar-refractivity contribution in [3.63, 3.8) is 0 Å². The SMILES string of the molecule is CCCN(CC1CC1)c1ccc(F)cc1CN. The van der Waals surface area contributed by atoms with Gasteiger partial charge < -0.3 is 10.6 Å². The topological polar surface area (TPSA) is 29.3 Å². The number of halogens is 1. The third-order valence-corrected chi connectivity index (χ3v) is 3.27. The molecule has 0 bridgehead atoms. The lowest BCUT2D eigenvalue weighted by Gasteiger charge is -2.26. The molecule has 2 nitrogen and oxygen atoms in total. The number of hydrogen-bond acceptors (Lipinski definition) is 2. The lowest BCUT2D eigenvalue weighted by atomic mass is 10.1. The van der Waals surface area contributed by atoms with E-state index in [1.54, 1.807) is 6.07 Å². The number of nitrogens with two attached hydrogens (primary N) is 1. The fourth-order valence-corrected chi connectivity index (χ4v) is 2.22. The van der Waals surface area contributed by atoms with E-state index in [4.69, 9.17) is 5.73 Å². The molecule has 94 valence electrons. The standard InChI is InChI=1S/C14H21FN2/c1-2-7-17(10-11-3-4-11)14-6-5-13(15)8-12(14)9-16/h5-6,8,11H,2-4,7,9-10,16H2,1H3. The maximum atomic E-state index is 13.2. The molecule has 3 heteroatoms.